The van der Waals surface area contributed by atoms with Gasteiger partial charge in [0.25, 0.3) is 0 Å². The Kier molecular flexibility index (Phi) is 3.32. The third-order valence-corrected chi connectivity index (χ3v) is 3.11. The van der Waals surface area contributed by atoms with Gasteiger partial charge < -0.3 is 14.8 Å². The highest BCUT2D eigenvalue weighted by molar-refractivity contribution is 5.55. The second-order valence-electron chi connectivity index (χ2n) is 4.45. The molecule has 0 aromatic heterocycles. The standard InChI is InChI=1S/C15H10F2N2O2/c16-12-3-9(6-18)4-13(17)11(12)7-19-10-1-2-14-15(5-10)21-8-20-14/h1-5,19H,7-8H2. The van der Waals surface area contributed by atoms with Gasteiger partial charge in [0.1, 0.15) is 11.6 Å². The van der Waals surface area contributed by atoms with E-state index in [9.17, 15) is 8.78 Å². The summed E-state index contributed by atoms with van der Waals surface area (Å²) < 4.78 is 37.9. The Hall–Kier alpha value is -2.81. The van der Waals surface area contributed by atoms with Crippen LogP contribution in [0.15, 0.2) is 30.3 Å². The number of ether oxygens (including phenoxy) is 2. The minimum absolute atomic E-state index is 0.0387. The van der Waals surface area contributed by atoms with Gasteiger partial charge in [-0.1, -0.05) is 0 Å². The Morgan fingerprint density at radius 2 is 1.81 bits per heavy atom. The number of hydrogen-bond donors (Lipinski definition) is 1. The molecule has 1 N–H and O–H groups in total. The van der Waals surface area contributed by atoms with E-state index in [1.165, 1.54) is 0 Å². The number of benzene rings is 2. The average molecular weight is 288 g/mol. The van der Waals surface area contributed by atoms with Gasteiger partial charge >= 0.3 is 0 Å². The van der Waals surface area contributed by atoms with Crippen LogP contribution in [-0.2, 0) is 6.54 Å². The van der Waals surface area contributed by atoms with E-state index in [1.807, 2.05) is 0 Å². The predicted octanol–water partition coefficient (Wildman–Crippen LogP) is 3.18. The van der Waals surface area contributed by atoms with Crippen molar-refractivity contribution in [2.45, 2.75) is 6.54 Å². The molecule has 0 radical (unpaired) electrons. The SMILES string of the molecule is N#Cc1cc(F)c(CNc2ccc3c(c2)OCO3)c(F)c1. The molecule has 1 aliphatic heterocycles. The number of nitrogens with zero attached hydrogens (tertiary/aromatic N) is 1. The first kappa shape index (κ1) is 13.2. The molecule has 0 saturated heterocycles. The largest absolute Gasteiger partial charge is 0.454 e. The van der Waals surface area contributed by atoms with Crippen LogP contribution in [0, 0.1) is 23.0 Å². The number of hydrogen-bond acceptors (Lipinski definition) is 4. The fourth-order valence-electron chi connectivity index (χ4n) is 2.03. The van der Waals surface area contributed by atoms with Crippen LogP contribution in [0.3, 0.4) is 0 Å². The van der Waals surface area contributed by atoms with E-state index in [0.717, 1.165) is 12.1 Å². The second-order valence-corrected chi connectivity index (χ2v) is 4.45. The van der Waals surface area contributed by atoms with Crippen LogP contribution in [0.5, 0.6) is 11.5 Å². The summed E-state index contributed by atoms with van der Waals surface area (Å²) in [4.78, 5) is 0. The lowest BCUT2D eigenvalue weighted by Crippen LogP contribution is -2.05. The third-order valence-electron chi connectivity index (χ3n) is 3.11. The maximum absolute atomic E-state index is 13.7. The van der Waals surface area contributed by atoms with Gasteiger partial charge in [0.15, 0.2) is 11.5 Å². The summed E-state index contributed by atoms with van der Waals surface area (Å²) in [5.74, 6) is -0.281. The van der Waals surface area contributed by atoms with Crippen LogP contribution in [-0.4, -0.2) is 6.79 Å². The summed E-state index contributed by atoms with van der Waals surface area (Å²) in [5, 5.41) is 11.6. The molecule has 0 spiro atoms. The monoisotopic (exact) mass is 288 g/mol. The lowest BCUT2D eigenvalue weighted by molar-refractivity contribution is 0.174. The second kappa shape index (κ2) is 5.29. The van der Waals surface area contributed by atoms with E-state index in [1.54, 1.807) is 24.3 Å². The van der Waals surface area contributed by atoms with Crippen molar-refractivity contribution in [1.82, 2.24) is 0 Å². The molecule has 1 aliphatic rings. The molecule has 0 bridgehead atoms. The Bertz CT molecular complexity index is 718. The minimum Gasteiger partial charge on any atom is -0.454 e. The van der Waals surface area contributed by atoms with E-state index < -0.39 is 11.6 Å². The molecule has 3 rings (SSSR count). The molecule has 0 saturated carbocycles. The van der Waals surface area contributed by atoms with Gasteiger partial charge in [0.05, 0.1) is 11.6 Å². The van der Waals surface area contributed by atoms with Crippen LogP contribution < -0.4 is 14.8 Å². The minimum atomic E-state index is -0.750. The van der Waals surface area contributed by atoms with E-state index in [0.29, 0.717) is 17.2 Å². The molecule has 0 aliphatic carbocycles. The van der Waals surface area contributed by atoms with Gasteiger partial charge in [-0.2, -0.15) is 5.26 Å². The molecule has 106 valence electrons. The molecule has 2 aromatic carbocycles. The van der Waals surface area contributed by atoms with Crippen LogP contribution >= 0.6 is 0 Å². The predicted molar refractivity (Wildman–Crippen MR) is 71.0 cm³/mol. The van der Waals surface area contributed by atoms with Crippen molar-refractivity contribution in [3.63, 3.8) is 0 Å². The first-order chi connectivity index (χ1) is 10.2. The molecular formula is C15H10F2N2O2. The van der Waals surface area contributed by atoms with E-state index >= 15 is 0 Å². The van der Waals surface area contributed by atoms with Crippen LogP contribution in [0.1, 0.15) is 11.1 Å². The van der Waals surface area contributed by atoms with Crippen LogP contribution in [0.4, 0.5) is 14.5 Å². The molecule has 4 nitrogen and oxygen atoms in total. The number of anilines is 1. The zero-order valence-electron chi connectivity index (χ0n) is 10.8. The van der Waals surface area contributed by atoms with Crippen molar-refractivity contribution >= 4 is 5.69 Å². The lowest BCUT2D eigenvalue weighted by Gasteiger charge is -2.09. The summed E-state index contributed by atoms with van der Waals surface area (Å²) in [6.07, 6.45) is 0. The number of rotatable bonds is 3. The highest BCUT2D eigenvalue weighted by Gasteiger charge is 2.14. The van der Waals surface area contributed by atoms with Gasteiger partial charge in [0, 0.05) is 23.9 Å². The van der Waals surface area contributed by atoms with E-state index in [2.05, 4.69) is 5.32 Å². The Labute approximate surface area is 119 Å². The van der Waals surface area contributed by atoms with Crippen molar-refractivity contribution in [1.29, 1.82) is 5.26 Å². The quantitative estimate of drug-likeness (QED) is 0.942. The van der Waals surface area contributed by atoms with E-state index in [4.69, 9.17) is 14.7 Å². The number of nitrogens with one attached hydrogen (secondary N) is 1. The van der Waals surface area contributed by atoms with Crippen molar-refractivity contribution in [2.24, 2.45) is 0 Å². The summed E-state index contributed by atoms with van der Waals surface area (Å²) >= 11 is 0. The highest BCUT2D eigenvalue weighted by Crippen LogP contribution is 2.34. The Morgan fingerprint density at radius 3 is 2.52 bits per heavy atom. The zero-order valence-corrected chi connectivity index (χ0v) is 10.8. The fourth-order valence-corrected chi connectivity index (χ4v) is 2.03. The number of fused-ring (bicyclic) bond motifs is 1. The van der Waals surface area contributed by atoms with Crippen molar-refractivity contribution < 1.29 is 18.3 Å². The molecule has 6 heteroatoms. The summed E-state index contributed by atoms with van der Waals surface area (Å²) in [6, 6.07) is 8.88. The van der Waals surface area contributed by atoms with Crippen molar-refractivity contribution in [2.75, 3.05) is 12.1 Å². The van der Waals surface area contributed by atoms with Gasteiger partial charge in [0.2, 0.25) is 6.79 Å². The van der Waals surface area contributed by atoms with Crippen LogP contribution in [0.25, 0.3) is 0 Å². The van der Waals surface area contributed by atoms with Crippen LogP contribution in [0.2, 0.25) is 0 Å². The van der Waals surface area contributed by atoms with Gasteiger partial charge in [-0.05, 0) is 24.3 Å². The molecular weight excluding hydrogens is 278 g/mol. The Balaban J connectivity index is 1.78. The fraction of sp³-hybridized carbons (Fsp3) is 0.133. The smallest absolute Gasteiger partial charge is 0.231 e. The van der Waals surface area contributed by atoms with Gasteiger partial charge in [-0.25, -0.2) is 8.78 Å². The van der Waals surface area contributed by atoms with Gasteiger partial charge in [-0.15, -0.1) is 0 Å². The first-order valence-corrected chi connectivity index (χ1v) is 6.19. The number of halogens is 2. The molecule has 1 heterocycles. The van der Waals surface area contributed by atoms with Gasteiger partial charge in [-0.3, -0.25) is 0 Å². The zero-order chi connectivity index (χ0) is 14.8. The van der Waals surface area contributed by atoms with Crippen molar-refractivity contribution in [3.05, 3.63) is 53.1 Å². The maximum Gasteiger partial charge on any atom is 0.231 e. The lowest BCUT2D eigenvalue weighted by atomic mass is 10.1. The number of nitriles is 1. The molecule has 0 atom stereocenters. The molecule has 0 fully saturated rings. The van der Waals surface area contributed by atoms with E-state index in [-0.39, 0.29) is 24.5 Å². The van der Waals surface area contributed by atoms with Crippen molar-refractivity contribution in [3.8, 4) is 17.6 Å². The molecule has 0 unspecified atom stereocenters. The topological polar surface area (TPSA) is 54.3 Å². The highest BCUT2D eigenvalue weighted by atomic mass is 19.1. The first-order valence-electron chi connectivity index (χ1n) is 6.19. The normalized spacial score (nSPS) is 12.0. The Morgan fingerprint density at radius 1 is 1.10 bits per heavy atom. The molecule has 2 aromatic rings. The average Bonchev–Trinajstić information content (AvgIpc) is 2.93. The summed E-state index contributed by atoms with van der Waals surface area (Å²) in [6.45, 7) is 0.126. The molecule has 0 amide bonds. The molecule has 21 heavy (non-hydrogen) atoms. The third kappa shape index (κ3) is 2.58. The maximum atomic E-state index is 13.7. The summed E-state index contributed by atoms with van der Waals surface area (Å²) in [5.41, 5.74) is 0.492. The summed E-state index contributed by atoms with van der Waals surface area (Å²) in [7, 11) is 0.